The van der Waals surface area contributed by atoms with Gasteiger partial charge in [0, 0.05) is 0 Å². The predicted molar refractivity (Wildman–Crippen MR) is 288 cm³/mol. The van der Waals surface area contributed by atoms with Crippen molar-refractivity contribution in [3.63, 3.8) is 0 Å². The van der Waals surface area contributed by atoms with E-state index in [1.807, 2.05) is 0 Å². The number of unbranched alkanes of at least 4 members (excludes halogenated alkanes) is 39. The number of nitrogens with one attached hydrogen (secondary N) is 1. The summed E-state index contributed by atoms with van der Waals surface area (Å²) in [6.45, 7) is 4.07. The van der Waals surface area contributed by atoms with Crippen molar-refractivity contribution in [1.29, 1.82) is 0 Å². The summed E-state index contributed by atoms with van der Waals surface area (Å²) in [6.07, 6.45) is 67.9. The first-order chi connectivity index (χ1) is 32.5. The van der Waals surface area contributed by atoms with Crippen LogP contribution in [0.15, 0.2) is 36.5 Å². The van der Waals surface area contributed by atoms with Crippen molar-refractivity contribution in [1.82, 2.24) is 5.32 Å². The van der Waals surface area contributed by atoms with Crippen LogP contribution < -0.4 is 5.32 Å². The lowest BCUT2D eigenvalue weighted by Gasteiger charge is -2.27. The Bertz CT molecular complexity index is 1040. The Morgan fingerprint density at radius 1 is 0.364 bits per heavy atom. The lowest BCUT2D eigenvalue weighted by Crippen LogP contribution is -2.53. The standard InChI is InChI=1S/C60H115NO5/c1-3-5-7-9-11-13-15-17-19-21-23-25-27-28-29-30-32-34-36-38-40-42-44-46-48-50-52-54-58(64)60(66)61-56(55-62)59(65)57(63)53-51-49-47-45-43-41-39-37-35-33-31-26-24-22-20-18-16-14-12-10-8-6-4-2/h26,31,37,39,45,47,56-59,62-65H,3-25,27-30,32-36,38,40-44,46,48-55H2,1-2H3,(H,61,66)/b31-26+,39-37+,47-45+. The zero-order valence-corrected chi connectivity index (χ0v) is 44.2. The first kappa shape index (κ1) is 64.5. The Morgan fingerprint density at radius 2 is 0.636 bits per heavy atom. The normalized spacial score (nSPS) is 14.0. The topological polar surface area (TPSA) is 110 Å². The van der Waals surface area contributed by atoms with Crippen molar-refractivity contribution in [3.05, 3.63) is 36.5 Å². The molecule has 0 heterocycles. The maximum atomic E-state index is 12.6. The van der Waals surface area contributed by atoms with Crippen LogP contribution in [0.4, 0.5) is 0 Å². The first-order valence-electron chi connectivity index (χ1n) is 29.4. The van der Waals surface area contributed by atoms with E-state index < -0.39 is 36.9 Å². The highest BCUT2D eigenvalue weighted by atomic mass is 16.3. The van der Waals surface area contributed by atoms with Gasteiger partial charge >= 0.3 is 0 Å². The van der Waals surface area contributed by atoms with E-state index in [2.05, 4.69) is 55.6 Å². The Morgan fingerprint density at radius 3 is 0.955 bits per heavy atom. The van der Waals surface area contributed by atoms with E-state index in [4.69, 9.17) is 0 Å². The minimum atomic E-state index is -1.29. The summed E-state index contributed by atoms with van der Waals surface area (Å²) in [7, 11) is 0. The van der Waals surface area contributed by atoms with Gasteiger partial charge in [0.2, 0.25) is 5.91 Å². The van der Waals surface area contributed by atoms with E-state index in [0.29, 0.717) is 19.3 Å². The number of allylic oxidation sites excluding steroid dienone is 6. The third kappa shape index (κ3) is 47.6. The van der Waals surface area contributed by atoms with Crippen molar-refractivity contribution >= 4 is 5.91 Å². The van der Waals surface area contributed by atoms with Crippen LogP contribution in [0, 0.1) is 0 Å². The summed E-state index contributed by atoms with van der Waals surface area (Å²) in [5.41, 5.74) is 0. The molecule has 0 fully saturated rings. The van der Waals surface area contributed by atoms with Crippen LogP contribution in [-0.2, 0) is 4.79 Å². The average Bonchev–Trinajstić information content (AvgIpc) is 3.32. The molecule has 0 aromatic rings. The van der Waals surface area contributed by atoms with Gasteiger partial charge < -0.3 is 25.7 Å². The van der Waals surface area contributed by atoms with E-state index in [1.54, 1.807) is 0 Å². The van der Waals surface area contributed by atoms with E-state index in [-0.39, 0.29) is 0 Å². The van der Waals surface area contributed by atoms with E-state index in [0.717, 1.165) is 51.4 Å². The molecule has 0 aromatic heterocycles. The molecule has 5 N–H and O–H groups in total. The molecule has 0 saturated heterocycles. The van der Waals surface area contributed by atoms with Crippen LogP contribution in [0.3, 0.4) is 0 Å². The molecule has 66 heavy (non-hydrogen) atoms. The molecule has 390 valence electrons. The molecule has 0 aliphatic heterocycles. The highest BCUT2D eigenvalue weighted by Crippen LogP contribution is 2.18. The molecule has 0 rings (SSSR count). The van der Waals surface area contributed by atoms with Crippen LogP contribution in [0.5, 0.6) is 0 Å². The fraction of sp³-hybridized carbons (Fsp3) is 0.883. The Kier molecular flexibility index (Phi) is 53.3. The van der Waals surface area contributed by atoms with Gasteiger partial charge in [0.15, 0.2) is 0 Å². The number of hydrogen-bond acceptors (Lipinski definition) is 5. The smallest absolute Gasteiger partial charge is 0.249 e. The Labute approximate surface area is 411 Å². The first-order valence-corrected chi connectivity index (χ1v) is 29.4. The largest absolute Gasteiger partial charge is 0.394 e. The summed E-state index contributed by atoms with van der Waals surface area (Å²) in [5.74, 6) is -0.594. The van der Waals surface area contributed by atoms with Crippen LogP contribution in [0.25, 0.3) is 0 Å². The third-order valence-electron chi connectivity index (χ3n) is 13.8. The maximum Gasteiger partial charge on any atom is 0.249 e. The quantitative estimate of drug-likeness (QED) is 0.0308. The van der Waals surface area contributed by atoms with Gasteiger partial charge in [-0.1, -0.05) is 281 Å². The zero-order valence-electron chi connectivity index (χ0n) is 44.2. The van der Waals surface area contributed by atoms with Crippen molar-refractivity contribution in [2.24, 2.45) is 0 Å². The van der Waals surface area contributed by atoms with Gasteiger partial charge in [0.1, 0.15) is 12.2 Å². The van der Waals surface area contributed by atoms with Gasteiger partial charge in [0.05, 0.1) is 18.8 Å². The predicted octanol–water partition coefficient (Wildman–Crippen LogP) is 17.2. The second-order valence-corrected chi connectivity index (χ2v) is 20.3. The van der Waals surface area contributed by atoms with Crippen LogP contribution in [0.1, 0.15) is 309 Å². The molecule has 0 spiro atoms. The lowest BCUT2D eigenvalue weighted by atomic mass is 10.00. The summed E-state index contributed by atoms with van der Waals surface area (Å²) in [4.78, 5) is 12.6. The monoisotopic (exact) mass is 930 g/mol. The molecule has 0 aliphatic carbocycles. The van der Waals surface area contributed by atoms with Gasteiger partial charge in [-0.25, -0.2) is 0 Å². The molecule has 6 heteroatoms. The molecule has 0 saturated carbocycles. The molecular formula is C60H115NO5. The molecule has 4 unspecified atom stereocenters. The minimum absolute atomic E-state index is 0.362. The van der Waals surface area contributed by atoms with E-state index in [1.165, 1.54) is 225 Å². The second kappa shape index (κ2) is 54.5. The van der Waals surface area contributed by atoms with Gasteiger partial charge in [0.25, 0.3) is 0 Å². The number of hydrogen-bond donors (Lipinski definition) is 5. The maximum absolute atomic E-state index is 12.6. The molecule has 1 amide bonds. The third-order valence-corrected chi connectivity index (χ3v) is 13.8. The summed E-state index contributed by atoms with van der Waals surface area (Å²) in [5, 5.41) is 44.0. The van der Waals surface area contributed by atoms with Gasteiger partial charge in [-0.15, -0.1) is 0 Å². The minimum Gasteiger partial charge on any atom is -0.394 e. The van der Waals surface area contributed by atoms with Gasteiger partial charge in [-0.3, -0.25) is 4.79 Å². The number of carbonyl (C=O) groups excluding carboxylic acids is 1. The summed E-state index contributed by atoms with van der Waals surface area (Å²) < 4.78 is 0. The molecule has 0 bridgehead atoms. The number of carbonyl (C=O) groups is 1. The molecule has 4 atom stereocenters. The molecule has 0 aliphatic rings. The van der Waals surface area contributed by atoms with E-state index >= 15 is 0 Å². The lowest BCUT2D eigenvalue weighted by molar-refractivity contribution is -0.132. The zero-order chi connectivity index (χ0) is 48.1. The Balaban J connectivity index is 3.66. The fourth-order valence-electron chi connectivity index (χ4n) is 9.20. The van der Waals surface area contributed by atoms with Crippen LogP contribution in [-0.4, -0.2) is 57.3 Å². The summed E-state index contributed by atoms with van der Waals surface area (Å²) >= 11 is 0. The number of rotatable bonds is 54. The number of aliphatic hydroxyl groups is 4. The Hall–Kier alpha value is -1.47. The number of amides is 1. The van der Waals surface area contributed by atoms with Gasteiger partial charge in [-0.2, -0.15) is 0 Å². The molecule has 6 nitrogen and oxygen atoms in total. The molecule has 0 radical (unpaired) electrons. The second-order valence-electron chi connectivity index (χ2n) is 20.3. The average molecular weight is 931 g/mol. The van der Waals surface area contributed by atoms with Crippen molar-refractivity contribution in [2.45, 2.75) is 334 Å². The molecule has 0 aromatic carbocycles. The summed E-state index contributed by atoms with van der Waals surface area (Å²) in [6, 6.07) is -1.01. The fourth-order valence-corrected chi connectivity index (χ4v) is 9.20. The molecular weight excluding hydrogens is 815 g/mol. The van der Waals surface area contributed by atoms with Crippen molar-refractivity contribution in [2.75, 3.05) is 6.61 Å². The van der Waals surface area contributed by atoms with Gasteiger partial charge in [-0.05, 0) is 64.2 Å². The van der Waals surface area contributed by atoms with Crippen LogP contribution in [0.2, 0.25) is 0 Å². The number of aliphatic hydroxyl groups excluding tert-OH is 4. The highest BCUT2D eigenvalue weighted by Gasteiger charge is 2.28. The van der Waals surface area contributed by atoms with Crippen molar-refractivity contribution in [3.8, 4) is 0 Å². The van der Waals surface area contributed by atoms with Crippen LogP contribution >= 0.6 is 0 Å². The van der Waals surface area contributed by atoms with E-state index in [9.17, 15) is 25.2 Å². The SMILES string of the molecule is CCCCCCCCCCCC/C=C/CC/C=C/CC/C=C/CCCC(O)C(O)C(CO)NC(=O)C(O)CCCCCCCCCCCCCCCCCCCCCCCCCCCCC. The van der Waals surface area contributed by atoms with Crippen molar-refractivity contribution < 1.29 is 25.2 Å². The highest BCUT2D eigenvalue weighted by molar-refractivity contribution is 5.80.